The van der Waals surface area contributed by atoms with Crippen LogP contribution in [0.25, 0.3) is 0 Å². The fraction of sp³-hybridized carbons (Fsp3) is 0.471. The average Bonchev–Trinajstić information content (AvgIpc) is 2.56. The van der Waals surface area contributed by atoms with E-state index in [1.807, 2.05) is 12.1 Å². The first-order valence-electron chi connectivity index (χ1n) is 8.07. The molecule has 132 valence electrons. The molecule has 0 spiro atoms. The summed E-state index contributed by atoms with van der Waals surface area (Å²) in [6.45, 7) is 9.40. The fourth-order valence-electron chi connectivity index (χ4n) is 2.10. The Balaban J connectivity index is 2.64. The zero-order chi connectivity index (χ0) is 18.1. The number of benzene rings is 1. The Morgan fingerprint density at radius 1 is 1.08 bits per heavy atom. The lowest BCUT2D eigenvalue weighted by atomic mass is 10.2. The van der Waals surface area contributed by atoms with Gasteiger partial charge in [-0.15, -0.1) is 0 Å². The standard InChI is InChI=1S/C17H25N3O4/c1-5-18-17(23)19-15(21)12(4)24-16(22)13-8-10-14(11-9-13)20(6-2)7-3/h8-12H,5-7H2,1-4H3,(H2,18,19,21,23)/t12-/m1/s1. The maximum absolute atomic E-state index is 12.1. The molecule has 0 heterocycles. The Labute approximate surface area is 142 Å². The number of carbonyl (C=O) groups is 3. The van der Waals surface area contributed by atoms with E-state index in [1.165, 1.54) is 6.92 Å². The third-order valence-electron chi connectivity index (χ3n) is 3.46. The Morgan fingerprint density at radius 3 is 2.17 bits per heavy atom. The molecule has 3 amide bonds. The maximum Gasteiger partial charge on any atom is 0.338 e. The van der Waals surface area contributed by atoms with Gasteiger partial charge in [0.15, 0.2) is 6.10 Å². The molecule has 0 aliphatic heterocycles. The van der Waals surface area contributed by atoms with E-state index in [-0.39, 0.29) is 0 Å². The van der Waals surface area contributed by atoms with Gasteiger partial charge in [0, 0.05) is 25.3 Å². The number of anilines is 1. The lowest BCUT2D eigenvalue weighted by Gasteiger charge is -2.21. The second-order valence-electron chi connectivity index (χ2n) is 5.12. The first kappa shape index (κ1) is 19.5. The van der Waals surface area contributed by atoms with E-state index in [0.29, 0.717) is 12.1 Å². The summed E-state index contributed by atoms with van der Waals surface area (Å²) in [5.74, 6) is -1.28. The van der Waals surface area contributed by atoms with Gasteiger partial charge in [-0.1, -0.05) is 0 Å². The SMILES string of the molecule is CCNC(=O)NC(=O)[C@@H](C)OC(=O)c1ccc(N(CC)CC)cc1. The number of carbonyl (C=O) groups excluding carboxylic acids is 3. The third kappa shape index (κ3) is 5.57. The number of nitrogens with one attached hydrogen (secondary N) is 2. The molecule has 0 aliphatic carbocycles. The van der Waals surface area contributed by atoms with Crippen molar-refractivity contribution in [2.45, 2.75) is 33.8 Å². The van der Waals surface area contributed by atoms with Gasteiger partial charge in [0.2, 0.25) is 0 Å². The predicted octanol–water partition coefficient (Wildman–Crippen LogP) is 1.92. The number of hydrogen-bond acceptors (Lipinski definition) is 5. The predicted molar refractivity (Wildman–Crippen MR) is 92.1 cm³/mol. The van der Waals surface area contributed by atoms with Gasteiger partial charge in [-0.3, -0.25) is 10.1 Å². The molecule has 1 rings (SSSR count). The summed E-state index contributed by atoms with van der Waals surface area (Å²) < 4.78 is 5.09. The largest absolute Gasteiger partial charge is 0.449 e. The lowest BCUT2D eigenvalue weighted by Crippen LogP contribution is -2.44. The number of esters is 1. The molecule has 1 atom stereocenters. The van der Waals surface area contributed by atoms with Crippen molar-refractivity contribution in [3.8, 4) is 0 Å². The number of urea groups is 1. The van der Waals surface area contributed by atoms with Gasteiger partial charge in [0.05, 0.1) is 5.56 Å². The van der Waals surface area contributed by atoms with Crippen LogP contribution in [0.4, 0.5) is 10.5 Å². The smallest absolute Gasteiger partial charge is 0.338 e. The number of ether oxygens (including phenoxy) is 1. The van der Waals surface area contributed by atoms with Crippen molar-refractivity contribution < 1.29 is 19.1 Å². The quantitative estimate of drug-likeness (QED) is 0.743. The van der Waals surface area contributed by atoms with E-state index >= 15 is 0 Å². The average molecular weight is 335 g/mol. The second-order valence-corrected chi connectivity index (χ2v) is 5.12. The molecule has 7 nitrogen and oxygen atoms in total. The zero-order valence-corrected chi connectivity index (χ0v) is 14.6. The van der Waals surface area contributed by atoms with Crippen molar-refractivity contribution in [2.75, 3.05) is 24.5 Å². The van der Waals surface area contributed by atoms with E-state index in [2.05, 4.69) is 29.4 Å². The van der Waals surface area contributed by atoms with Crippen LogP contribution in [-0.4, -0.2) is 43.6 Å². The van der Waals surface area contributed by atoms with Crippen LogP contribution in [0.3, 0.4) is 0 Å². The molecule has 0 fully saturated rings. The molecular formula is C17H25N3O4. The van der Waals surface area contributed by atoms with Gasteiger partial charge < -0.3 is 15.0 Å². The minimum atomic E-state index is -1.07. The summed E-state index contributed by atoms with van der Waals surface area (Å²) in [5.41, 5.74) is 1.36. The van der Waals surface area contributed by atoms with E-state index in [4.69, 9.17) is 4.74 Å². The Hall–Kier alpha value is -2.57. The maximum atomic E-state index is 12.1. The number of hydrogen-bond donors (Lipinski definition) is 2. The molecule has 0 saturated heterocycles. The minimum absolute atomic E-state index is 0.351. The van der Waals surface area contributed by atoms with Crippen molar-refractivity contribution >= 4 is 23.6 Å². The zero-order valence-electron chi connectivity index (χ0n) is 14.6. The van der Waals surface area contributed by atoms with E-state index < -0.39 is 24.0 Å². The van der Waals surface area contributed by atoms with Crippen molar-refractivity contribution in [3.05, 3.63) is 29.8 Å². The molecule has 0 aliphatic rings. The molecule has 7 heteroatoms. The fourth-order valence-corrected chi connectivity index (χ4v) is 2.10. The summed E-state index contributed by atoms with van der Waals surface area (Å²) >= 11 is 0. The summed E-state index contributed by atoms with van der Waals surface area (Å²) in [7, 11) is 0. The van der Waals surface area contributed by atoms with Crippen molar-refractivity contribution in [1.82, 2.24) is 10.6 Å². The molecule has 1 aromatic carbocycles. The molecule has 0 radical (unpaired) electrons. The van der Waals surface area contributed by atoms with Crippen LogP contribution in [-0.2, 0) is 9.53 Å². The lowest BCUT2D eigenvalue weighted by molar-refractivity contribution is -0.127. The number of amides is 3. The highest BCUT2D eigenvalue weighted by molar-refractivity contribution is 5.98. The molecule has 0 aromatic heterocycles. The van der Waals surface area contributed by atoms with Gasteiger partial charge in [0.1, 0.15) is 0 Å². The van der Waals surface area contributed by atoms with Gasteiger partial charge in [-0.2, -0.15) is 0 Å². The van der Waals surface area contributed by atoms with Crippen LogP contribution in [0.15, 0.2) is 24.3 Å². The number of rotatable bonds is 7. The summed E-state index contributed by atoms with van der Waals surface area (Å²) in [4.78, 5) is 37.3. The Bertz CT molecular complexity index is 568. The highest BCUT2D eigenvalue weighted by atomic mass is 16.5. The van der Waals surface area contributed by atoms with Gasteiger partial charge in [-0.25, -0.2) is 9.59 Å². The Kier molecular flexibility index (Phi) is 7.74. The summed E-state index contributed by atoms with van der Waals surface area (Å²) in [6.07, 6.45) is -1.07. The van der Waals surface area contributed by atoms with Crippen LogP contribution >= 0.6 is 0 Å². The van der Waals surface area contributed by atoms with Crippen LogP contribution in [0.1, 0.15) is 38.1 Å². The highest BCUT2D eigenvalue weighted by Crippen LogP contribution is 2.15. The first-order valence-corrected chi connectivity index (χ1v) is 8.07. The molecule has 2 N–H and O–H groups in total. The van der Waals surface area contributed by atoms with Crippen LogP contribution < -0.4 is 15.5 Å². The summed E-state index contributed by atoms with van der Waals surface area (Å²) in [5, 5.41) is 4.53. The minimum Gasteiger partial charge on any atom is -0.449 e. The van der Waals surface area contributed by atoms with E-state index in [1.54, 1.807) is 19.1 Å². The molecule has 0 bridgehead atoms. The Morgan fingerprint density at radius 2 is 1.67 bits per heavy atom. The van der Waals surface area contributed by atoms with Crippen molar-refractivity contribution in [2.24, 2.45) is 0 Å². The van der Waals surface area contributed by atoms with Crippen LogP contribution in [0.5, 0.6) is 0 Å². The number of imide groups is 1. The summed E-state index contributed by atoms with van der Waals surface area (Å²) in [6, 6.07) is 6.37. The molecule has 0 saturated carbocycles. The van der Waals surface area contributed by atoms with E-state index in [0.717, 1.165) is 18.8 Å². The van der Waals surface area contributed by atoms with Gasteiger partial charge in [-0.05, 0) is 52.0 Å². The van der Waals surface area contributed by atoms with Crippen molar-refractivity contribution in [1.29, 1.82) is 0 Å². The van der Waals surface area contributed by atoms with Gasteiger partial charge in [0.25, 0.3) is 5.91 Å². The van der Waals surface area contributed by atoms with E-state index in [9.17, 15) is 14.4 Å². The molecular weight excluding hydrogens is 310 g/mol. The third-order valence-corrected chi connectivity index (χ3v) is 3.46. The van der Waals surface area contributed by atoms with Crippen LogP contribution in [0.2, 0.25) is 0 Å². The highest BCUT2D eigenvalue weighted by Gasteiger charge is 2.20. The number of nitrogens with zero attached hydrogens (tertiary/aromatic N) is 1. The molecule has 24 heavy (non-hydrogen) atoms. The molecule has 0 unspecified atom stereocenters. The van der Waals surface area contributed by atoms with Gasteiger partial charge >= 0.3 is 12.0 Å². The first-order chi connectivity index (χ1) is 11.4. The normalized spacial score (nSPS) is 11.3. The van der Waals surface area contributed by atoms with Crippen molar-refractivity contribution in [3.63, 3.8) is 0 Å². The molecule has 1 aromatic rings. The van der Waals surface area contributed by atoms with Crippen LogP contribution in [0, 0.1) is 0 Å². The topological polar surface area (TPSA) is 87.7 Å². The monoisotopic (exact) mass is 335 g/mol. The second kappa shape index (κ2) is 9.54.